The molecule has 2 rings (SSSR count). The van der Waals surface area contributed by atoms with Crippen LogP contribution in [0.1, 0.15) is 6.92 Å². The standard InChI is InChI=1S/C10H12N4O4/c1-3-18-6(15)4-14-5-11-8-7(14)9(16)12-10(17)13(8)2/h5H,3-4H2,1-2H3,(H,12,16,17). The van der Waals surface area contributed by atoms with Crippen LogP contribution in [-0.4, -0.2) is 31.7 Å². The third-order valence-corrected chi connectivity index (χ3v) is 2.48. The van der Waals surface area contributed by atoms with Crippen LogP contribution in [0.2, 0.25) is 0 Å². The van der Waals surface area contributed by atoms with Gasteiger partial charge >= 0.3 is 11.7 Å². The number of rotatable bonds is 3. The van der Waals surface area contributed by atoms with Crippen molar-refractivity contribution in [2.45, 2.75) is 13.5 Å². The van der Waals surface area contributed by atoms with Gasteiger partial charge in [-0.25, -0.2) is 9.78 Å². The van der Waals surface area contributed by atoms with Gasteiger partial charge in [-0.2, -0.15) is 0 Å². The second kappa shape index (κ2) is 4.47. The maximum atomic E-state index is 11.7. The molecule has 0 aromatic carbocycles. The van der Waals surface area contributed by atoms with Gasteiger partial charge in [-0.1, -0.05) is 0 Å². The van der Waals surface area contributed by atoms with Crippen molar-refractivity contribution in [3.05, 3.63) is 27.2 Å². The van der Waals surface area contributed by atoms with E-state index in [2.05, 4.69) is 9.97 Å². The number of fused-ring (bicyclic) bond motifs is 1. The molecule has 2 heterocycles. The van der Waals surface area contributed by atoms with E-state index in [9.17, 15) is 14.4 Å². The first-order valence-electron chi connectivity index (χ1n) is 5.34. The van der Waals surface area contributed by atoms with Gasteiger partial charge in [-0.3, -0.25) is 19.1 Å². The zero-order chi connectivity index (χ0) is 13.3. The van der Waals surface area contributed by atoms with Crippen LogP contribution >= 0.6 is 0 Å². The molecule has 0 spiro atoms. The number of hydrogen-bond donors (Lipinski definition) is 1. The third kappa shape index (κ3) is 1.92. The Kier molecular flexibility index (Phi) is 3.00. The van der Waals surface area contributed by atoms with Gasteiger partial charge in [0.05, 0.1) is 12.9 Å². The second-order valence-corrected chi connectivity index (χ2v) is 3.67. The lowest BCUT2D eigenvalue weighted by atomic mass is 10.5. The third-order valence-electron chi connectivity index (χ3n) is 2.48. The van der Waals surface area contributed by atoms with E-state index < -0.39 is 17.2 Å². The van der Waals surface area contributed by atoms with Crippen molar-refractivity contribution in [3.63, 3.8) is 0 Å². The number of carbonyl (C=O) groups is 1. The molecule has 0 saturated carbocycles. The molecule has 0 fully saturated rings. The molecular weight excluding hydrogens is 240 g/mol. The molecule has 0 radical (unpaired) electrons. The van der Waals surface area contributed by atoms with Crippen LogP contribution < -0.4 is 11.2 Å². The lowest BCUT2D eigenvalue weighted by Gasteiger charge is -2.03. The van der Waals surface area contributed by atoms with Crippen LogP contribution in [-0.2, 0) is 23.1 Å². The van der Waals surface area contributed by atoms with Gasteiger partial charge in [0.2, 0.25) is 0 Å². The summed E-state index contributed by atoms with van der Waals surface area (Å²) in [5.41, 5.74) is -0.720. The van der Waals surface area contributed by atoms with Crippen LogP contribution in [0.15, 0.2) is 15.9 Å². The Morgan fingerprint density at radius 3 is 2.89 bits per heavy atom. The maximum Gasteiger partial charge on any atom is 0.329 e. The number of aromatic nitrogens is 4. The van der Waals surface area contributed by atoms with Crippen molar-refractivity contribution in [3.8, 4) is 0 Å². The van der Waals surface area contributed by atoms with E-state index in [1.165, 1.54) is 22.5 Å². The molecule has 18 heavy (non-hydrogen) atoms. The summed E-state index contributed by atoms with van der Waals surface area (Å²) in [4.78, 5) is 40.5. The molecule has 0 saturated heterocycles. The number of ether oxygens (including phenoxy) is 1. The molecule has 0 atom stereocenters. The highest BCUT2D eigenvalue weighted by molar-refractivity contribution is 5.74. The fourth-order valence-electron chi connectivity index (χ4n) is 1.65. The normalized spacial score (nSPS) is 10.8. The van der Waals surface area contributed by atoms with Crippen molar-refractivity contribution in [1.82, 2.24) is 19.1 Å². The molecule has 0 aliphatic rings. The highest BCUT2D eigenvalue weighted by Gasteiger charge is 2.13. The Balaban J connectivity index is 2.55. The van der Waals surface area contributed by atoms with Gasteiger partial charge in [-0.05, 0) is 6.92 Å². The quantitative estimate of drug-likeness (QED) is 0.705. The number of carbonyl (C=O) groups excluding carboxylic acids is 1. The minimum Gasteiger partial charge on any atom is -0.465 e. The minimum absolute atomic E-state index is 0.119. The van der Waals surface area contributed by atoms with E-state index in [1.54, 1.807) is 6.92 Å². The molecule has 8 nitrogen and oxygen atoms in total. The van der Waals surface area contributed by atoms with E-state index in [4.69, 9.17) is 4.74 Å². The number of aromatic amines is 1. The molecule has 0 unspecified atom stereocenters. The van der Waals surface area contributed by atoms with Gasteiger partial charge in [0.25, 0.3) is 5.56 Å². The van der Waals surface area contributed by atoms with Crippen LogP contribution in [0.5, 0.6) is 0 Å². The van der Waals surface area contributed by atoms with E-state index in [0.29, 0.717) is 0 Å². The van der Waals surface area contributed by atoms with Gasteiger partial charge in [-0.15, -0.1) is 0 Å². The zero-order valence-corrected chi connectivity index (χ0v) is 9.97. The first-order valence-corrected chi connectivity index (χ1v) is 5.34. The largest absolute Gasteiger partial charge is 0.465 e. The van der Waals surface area contributed by atoms with Crippen LogP contribution in [0.4, 0.5) is 0 Å². The van der Waals surface area contributed by atoms with Gasteiger partial charge < -0.3 is 9.30 Å². The summed E-state index contributed by atoms with van der Waals surface area (Å²) in [6.45, 7) is 1.84. The monoisotopic (exact) mass is 252 g/mol. The highest BCUT2D eigenvalue weighted by atomic mass is 16.5. The molecule has 2 aromatic rings. The summed E-state index contributed by atoms with van der Waals surface area (Å²) < 4.78 is 7.35. The first kappa shape index (κ1) is 12.1. The van der Waals surface area contributed by atoms with Gasteiger partial charge in [0, 0.05) is 7.05 Å². The second-order valence-electron chi connectivity index (χ2n) is 3.67. The molecule has 0 aliphatic carbocycles. The van der Waals surface area contributed by atoms with Gasteiger partial charge in [0.1, 0.15) is 6.54 Å². The first-order chi connectivity index (χ1) is 8.54. The van der Waals surface area contributed by atoms with E-state index in [0.717, 1.165) is 0 Å². The lowest BCUT2D eigenvalue weighted by Crippen LogP contribution is -2.29. The number of H-pyrrole nitrogens is 1. The summed E-state index contributed by atoms with van der Waals surface area (Å²) in [5.74, 6) is -0.468. The average molecular weight is 252 g/mol. The van der Waals surface area contributed by atoms with Crippen LogP contribution in [0.3, 0.4) is 0 Å². The van der Waals surface area contributed by atoms with Gasteiger partial charge in [0.15, 0.2) is 11.2 Å². The van der Waals surface area contributed by atoms with Crippen molar-refractivity contribution in [1.29, 1.82) is 0 Å². The predicted octanol–water partition coefficient (Wildman–Crippen LogP) is -1.01. The molecular formula is C10H12N4O4. The Morgan fingerprint density at radius 1 is 1.50 bits per heavy atom. The van der Waals surface area contributed by atoms with Crippen molar-refractivity contribution in [2.24, 2.45) is 7.05 Å². The van der Waals surface area contributed by atoms with E-state index >= 15 is 0 Å². The SMILES string of the molecule is CCOC(=O)Cn1cnc2c1c(=O)[nH]c(=O)n2C. The molecule has 0 aliphatic heterocycles. The topological polar surface area (TPSA) is 99.0 Å². The molecule has 8 heteroatoms. The summed E-state index contributed by atoms with van der Waals surface area (Å²) >= 11 is 0. The smallest absolute Gasteiger partial charge is 0.329 e. The molecule has 1 N–H and O–H groups in total. The summed E-state index contributed by atoms with van der Waals surface area (Å²) in [6, 6.07) is 0. The summed E-state index contributed by atoms with van der Waals surface area (Å²) in [6.07, 6.45) is 1.33. The number of nitrogens with zero attached hydrogens (tertiary/aromatic N) is 3. The molecule has 0 bridgehead atoms. The van der Waals surface area contributed by atoms with Crippen LogP contribution in [0.25, 0.3) is 11.2 Å². The lowest BCUT2D eigenvalue weighted by molar-refractivity contribution is -0.143. The highest BCUT2D eigenvalue weighted by Crippen LogP contribution is 2.04. The fourth-order valence-corrected chi connectivity index (χ4v) is 1.65. The summed E-state index contributed by atoms with van der Waals surface area (Å²) in [5, 5.41) is 0. The fraction of sp³-hybridized carbons (Fsp3) is 0.400. The number of imidazole rings is 1. The van der Waals surface area contributed by atoms with Crippen molar-refractivity contribution in [2.75, 3.05) is 6.61 Å². The predicted molar refractivity (Wildman–Crippen MR) is 62.2 cm³/mol. The minimum atomic E-state index is -0.574. The molecule has 2 aromatic heterocycles. The van der Waals surface area contributed by atoms with Crippen molar-refractivity contribution < 1.29 is 9.53 Å². The Morgan fingerprint density at radius 2 is 2.22 bits per heavy atom. The molecule has 96 valence electrons. The van der Waals surface area contributed by atoms with Crippen LogP contribution in [0, 0.1) is 0 Å². The number of aryl methyl sites for hydroxylation is 1. The number of esters is 1. The average Bonchev–Trinajstić information content (AvgIpc) is 2.70. The summed E-state index contributed by atoms with van der Waals surface area (Å²) in [7, 11) is 1.49. The number of hydrogen-bond acceptors (Lipinski definition) is 5. The van der Waals surface area contributed by atoms with Crippen molar-refractivity contribution >= 4 is 17.1 Å². The Hall–Kier alpha value is -2.38. The number of nitrogens with one attached hydrogen (secondary N) is 1. The molecule has 0 amide bonds. The Bertz CT molecular complexity index is 709. The van der Waals surface area contributed by atoms with E-state index in [1.807, 2.05) is 0 Å². The zero-order valence-electron chi connectivity index (χ0n) is 9.97. The van der Waals surface area contributed by atoms with E-state index in [-0.39, 0.29) is 24.3 Å². The maximum absolute atomic E-state index is 11.7. The Labute approximate surface area is 101 Å².